The molecule has 0 saturated carbocycles. The van der Waals surface area contributed by atoms with Crippen LogP contribution in [0, 0.1) is 5.92 Å². The number of benzene rings is 1. The fraction of sp³-hybridized carbons (Fsp3) is 0.600. The molecule has 21 heavy (non-hydrogen) atoms. The molecule has 0 aromatic heterocycles. The standard InChI is InChI=1S/C15H20ClF3N2/c1-20-8-11-3-2-4-21(9-11)10-12-5-13(15(17,18)19)7-14(16)6-12/h5-7,11,20H,2-4,8-10H2,1H3. The van der Waals surface area contributed by atoms with Crippen LogP contribution in [0.1, 0.15) is 24.0 Å². The first-order valence-corrected chi connectivity index (χ1v) is 7.50. The van der Waals surface area contributed by atoms with Gasteiger partial charge in [0, 0.05) is 18.1 Å². The van der Waals surface area contributed by atoms with Crippen LogP contribution in [0.2, 0.25) is 5.02 Å². The van der Waals surface area contributed by atoms with Crippen molar-refractivity contribution in [2.24, 2.45) is 5.92 Å². The quantitative estimate of drug-likeness (QED) is 0.908. The second-order valence-electron chi connectivity index (χ2n) is 5.65. The van der Waals surface area contributed by atoms with Crippen molar-refractivity contribution in [3.05, 3.63) is 34.3 Å². The Morgan fingerprint density at radius 3 is 2.76 bits per heavy atom. The molecule has 118 valence electrons. The van der Waals surface area contributed by atoms with Gasteiger partial charge in [-0.15, -0.1) is 0 Å². The largest absolute Gasteiger partial charge is 0.416 e. The summed E-state index contributed by atoms with van der Waals surface area (Å²) >= 11 is 5.82. The average Bonchev–Trinajstić information content (AvgIpc) is 2.38. The monoisotopic (exact) mass is 320 g/mol. The lowest BCUT2D eigenvalue weighted by atomic mass is 9.97. The summed E-state index contributed by atoms with van der Waals surface area (Å²) in [4.78, 5) is 2.21. The minimum absolute atomic E-state index is 0.142. The lowest BCUT2D eigenvalue weighted by molar-refractivity contribution is -0.137. The molecule has 2 rings (SSSR count). The fourth-order valence-corrected chi connectivity index (χ4v) is 3.17. The van der Waals surface area contributed by atoms with Crippen LogP contribution in [0.5, 0.6) is 0 Å². The highest BCUT2D eigenvalue weighted by Gasteiger charge is 2.31. The third kappa shape index (κ3) is 4.87. The summed E-state index contributed by atoms with van der Waals surface area (Å²) in [6, 6.07) is 3.80. The number of alkyl halides is 3. The van der Waals surface area contributed by atoms with Crippen LogP contribution in [0.3, 0.4) is 0 Å². The summed E-state index contributed by atoms with van der Waals surface area (Å²) in [6.45, 7) is 3.30. The van der Waals surface area contributed by atoms with Crippen LogP contribution >= 0.6 is 11.6 Å². The molecule has 1 aromatic carbocycles. The highest BCUT2D eigenvalue weighted by atomic mass is 35.5. The Morgan fingerprint density at radius 1 is 1.33 bits per heavy atom. The van der Waals surface area contributed by atoms with E-state index in [4.69, 9.17) is 11.6 Å². The maximum Gasteiger partial charge on any atom is 0.416 e. The lowest BCUT2D eigenvalue weighted by Crippen LogP contribution is -2.38. The molecule has 0 amide bonds. The summed E-state index contributed by atoms with van der Waals surface area (Å²) < 4.78 is 38.4. The Morgan fingerprint density at radius 2 is 2.10 bits per heavy atom. The first kappa shape index (κ1) is 16.6. The Bertz CT molecular complexity index is 474. The number of hydrogen-bond acceptors (Lipinski definition) is 2. The number of nitrogens with one attached hydrogen (secondary N) is 1. The van der Waals surface area contributed by atoms with Crippen molar-refractivity contribution in [3.8, 4) is 0 Å². The van der Waals surface area contributed by atoms with Crippen molar-refractivity contribution < 1.29 is 13.2 Å². The van der Waals surface area contributed by atoms with Gasteiger partial charge in [0.05, 0.1) is 5.56 Å². The smallest absolute Gasteiger partial charge is 0.319 e. The van der Waals surface area contributed by atoms with E-state index in [1.54, 1.807) is 6.07 Å². The summed E-state index contributed by atoms with van der Waals surface area (Å²) in [5.41, 5.74) is -0.0475. The van der Waals surface area contributed by atoms with Gasteiger partial charge in [-0.3, -0.25) is 4.90 Å². The first-order valence-electron chi connectivity index (χ1n) is 7.12. The zero-order valence-corrected chi connectivity index (χ0v) is 12.8. The number of halogens is 4. The molecule has 1 aliphatic rings. The van der Waals surface area contributed by atoms with Crippen molar-refractivity contribution in [3.63, 3.8) is 0 Å². The second kappa shape index (κ2) is 6.99. The lowest BCUT2D eigenvalue weighted by Gasteiger charge is -2.32. The fourth-order valence-electron chi connectivity index (χ4n) is 2.91. The Balaban J connectivity index is 2.07. The molecular weight excluding hydrogens is 301 g/mol. The predicted molar refractivity (Wildman–Crippen MR) is 78.4 cm³/mol. The van der Waals surface area contributed by atoms with Crippen molar-refractivity contribution in [1.29, 1.82) is 0 Å². The Kier molecular flexibility index (Phi) is 5.52. The highest BCUT2D eigenvalue weighted by Crippen LogP contribution is 2.32. The molecule has 1 aliphatic heterocycles. The van der Waals surface area contributed by atoms with Gasteiger partial charge >= 0.3 is 6.18 Å². The molecule has 2 nitrogen and oxygen atoms in total. The Labute approximate surface area is 128 Å². The van der Waals surface area contributed by atoms with Crippen molar-refractivity contribution >= 4 is 11.6 Å². The minimum atomic E-state index is -4.35. The summed E-state index contributed by atoms with van der Waals surface area (Å²) in [5.74, 6) is 0.560. The van der Waals surface area contributed by atoms with Gasteiger partial charge < -0.3 is 5.32 Å². The van der Waals surface area contributed by atoms with Gasteiger partial charge in [-0.2, -0.15) is 13.2 Å². The van der Waals surface area contributed by atoms with E-state index in [1.807, 2.05) is 7.05 Å². The maximum atomic E-state index is 12.8. The SMILES string of the molecule is CNCC1CCCN(Cc2cc(Cl)cc(C(F)(F)F)c2)C1. The molecule has 1 saturated heterocycles. The third-order valence-corrected chi connectivity index (χ3v) is 4.01. The number of likely N-dealkylation sites (tertiary alicyclic amines) is 1. The minimum Gasteiger partial charge on any atom is -0.319 e. The zero-order valence-electron chi connectivity index (χ0n) is 12.0. The van der Waals surface area contributed by atoms with Crippen LogP contribution < -0.4 is 5.32 Å². The van der Waals surface area contributed by atoms with Crippen molar-refractivity contribution in [1.82, 2.24) is 10.2 Å². The maximum absolute atomic E-state index is 12.8. The molecule has 1 heterocycles. The summed E-state index contributed by atoms with van der Waals surface area (Å²) in [7, 11) is 1.92. The average molecular weight is 321 g/mol. The number of nitrogens with zero attached hydrogens (tertiary/aromatic N) is 1. The van der Waals surface area contributed by atoms with Crippen molar-refractivity contribution in [2.75, 3.05) is 26.7 Å². The number of piperidine rings is 1. The Hall–Kier alpha value is -0.780. The van der Waals surface area contributed by atoms with E-state index in [-0.39, 0.29) is 5.02 Å². The van der Waals surface area contributed by atoms with Gasteiger partial charge in [0.2, 0.25) is 0 Å². The molecule has 0 radical (unpaired) electrons. The van der Waals surface area contributed by atoms with Gasteiger partial charge in [-0.25, -0.2) is 0 Å². The first-order chi connectivity index (χ1) is 9.88. The van der Waals surface area contributed by atoms with E-state index in [0.29, 0.717) is 18.0 Å². The van der Waals surface area contributed by atoms with Gasteiger partial charge in [0.15, 0.2) is 0 Å². The summed E-state index contributed by atoms with van der Waals surface area (Å²) in [6.07, 6.45) is -2.10. The van der Waals surface area contributed by atoms with E-state index in [2.05, 4.69) is 10.2 Å². The second-order valence-corrected chi connectivity index (χ2v) is 6.08. The van der Waals surface area contributed by atoms with Crippen LogP contribution in [0.15, 0.2) is 18.2 Å². The number of hydrogen-bond donors (Lipinski definition) is 1. The van der Waals surface area contributed by atoms with E-state index in [9.17, 15) is 13.2 Å². The molecule has 0 bridgehead atoms. The van der Waals surface area contributed by atoms with Crippen LogP contribution in [0.25, 0.3) is 0 Å². The van der Waals surface area contributed by atoms with Crippen LogP contribution in [-0.2, 0) is 12.7 Å². The topological polar surface area (TPSA) is 15.3 Å². The molecule has 0 spiro atoms. The van der Waals surface area contributed by atoms with E-state index < -0.39 is 11.7 Å². The number of rotatable bonds is 4. The molecule has 1 N–H and O–H groups in total. The van der Waals surface area contributed by atoms with Gasteiger partial charge in [0.25, 0.3) is 0 Å². The molecule has 6 heteroatoms. The van der Waals surface area contributed by atoms with Gasteiger partial charge in [-0.05, 0) is 62.7 Å². The molecular formula is C15H20ClF3N2. The van der Waals surface area contributed by atoms with E-state index >= 15 is 0 Å². The van der Waals surface area contributed by atoms with Gasteiger partial charge in [0.1, 0.15) is 0 Å². The summed E-state index contributed by atoms with van der Waals surface area (Å²) in [5, 5.41) is 3.31. The molecule has 1 fully saturated rings. The van der Waals surface area contributed by atoms with E-state index in [0.717, 1.165) is 32.1 Å². The molecule has 0 aliphatic carbocycles. The van der Waals surface area contributed by atoms with Crippen LogP contribution in [0.4, 0.5) is 13.2 Å². The van der Waals surface area contributed by atoms with Gasteiger partial charge in [-0.1, -0.05) is 11.6 Å². The normalized spacial score (nSPS) is 20.7. The van der Waals surface area contributed by atoms with E-state index in [1.165, 1.54) is 12.5 Å². The molecule has 1 atom stereocenters. The predicted octanol–water partition coefficient (Wildman–Crippen LogP) is 3.79. The van der Waals surface area contributed by atoms with Crippen molar-refractivity contribution in [2.45, 2.75) is 25.6 Å². The molecule has 1 aromatic rings. The highest BCUT2D eigenvalue weighted by molar-refractivity contribution is 6.30. The molecule has 1 unspecified atom stereocenters. The van der Waals surface area contributed by atoms with Crippen LogP contribution in [-0.4, -0.2) is 31.6 Å². The zero-order chi connectivity index (χ0) is 15.5. The third-order valence-electron chi connectivity index (χ3n) is 3.79.